The Bertz CT molecular complexity index is 428. The van der Waals surface area contributed by atoms with Gasteiger partial charge in [-0.05, 0) is 19.8 Å². The van der Waals surface area contributed by atoms with Gasteiger partial charge in [0, 0.05) is 30.3 Å². The van der Waals surface area contributed by atoms with Crippen LogP contribution in [0.25, 0.3) is 0 Å². The minimum absolute atomic E-state index is 0.0174. The Morgan fingerprint density at radius 1 is 1.50 bits per heavy atom. The largest absolute Gasteiger partial charge is 0.379 e. The Labute approximate surface area is 106 Å². The van der Waals surface area contributed by atoms with Crippen LogP contribution in [0.1, 0.15) is 18.9 Å². The second-order valence-electron chi connectivity index (χ2n) is 4.93. The lowest BCUT2D eigenvalue weighted by Crippen LogP contribution is -2.43. The van der Waals surface area contributed by atoms with Gasteiger partial charge in [-0.15, -0.1) is 0 Å². The zero-order valence-corrected chi connectivity index (χ0v) is 10.5. The number of rotatable bonds is 5. The van der Waals surface area contributed by atoms with E-state index in [2.05, 4.69) is 12.2 Å². The lowest BCUT2D eigenvalue weighted by molar-refractivity contribution is -0.385. The molecule has 1 heterocycles. The zero-order valence-electron chi connectivity index (χ0n) is 10.5. The number of para-hydroxylation sites is 1. The topological polar surface area (TPSA) is 64.4 Å². The van der Waals surface area contributed by atoms with Gasteiger partial charge in [0.2, 0.25) is 0 Å². The highest BCUT2D eigenvalue weighted by Crippen LogP contribution is 2.20. The second kappa shape index (κ2) is 5.46. The fraction of sp³-hybridized carbons (Fsp3) is 0.538. The van der Waals surface area contributed by atoms with Gasteiger partial charge in [-0.25, -0.2) is 0 Å². The van der Waals surface area contributed by atoms with Crippen molar-refractivity contribution in [3.63, 3.8) is 0 Å². The Morgan fingerprint density at radius 2 is 2.28 bits per heavy atom. The van der Waals surface area contributed by atoms with E-state index in [1.54, 1.807) is 12.1 Å². The quantitative estimate of drug-likeness (QED) is 0.640. The van der Waals surface area contributed by atoms with E-state index in [9.17, 15) is 10.1 Å². The molecule has 1 aromatic rings. The summed E-state index contributed by atoms with van der Waals surface area (Å²) in [6.07, 6.45) is 1.65. The molecule has 1 aliphatic rings. The number of nitro benzene ring substituents is 1. The molecule has 1 fully saturated rings. The van der Waals surface area contributed by atoms with Gasteiger partial charge in [0.25, 0.3) is 5.69 Å². The van der Waals surface area contributed by atoms with E-state index < -0.39 is 0 Å². The summed E-state index contributed by atoms with van der Waals surface area (Å²) in [4.78, 5) is 10.5. The number of nitro groups is 1. The third-order valence-corrected chi connectivity index (χ3v) is 3.35. The number of benzene rings is 1. The third-order valence-electron chi connectivity index (χ3n) is 3.35. The Kier molecular flexibility index (Phi) is 3.93. The molecule has 1 atom stereocenters. The summed E-state index contributed by atoms with van der Waals surface area (Å²) in [5, 5.41) is 14.3. The predicted molar refractivity (Wildman–Crippen MR) is 68.6 cm³/mol. The SMILES string of the molecule is CC1(NCCc2ccccc2[N+](=O)[O-])CCOC1. The highest BCUT2D eigenvalue weighted by molar-refractivity contribution is 5.39. The van der Waals surface area contributed by atoms with Gasteiger partial charge in [0.1, 0.15) is 0 Å². The van der Waals surface area contributed by atoms with Crippen LogP contribution < -0.4 is 5.32 Å². The molecule has 18 heavy (non-hydrogen) atoms. The van der Waals surface area contributed by atoms with Crippen LogP contribution in [0, 0.1) is 10.1 Å². The van der Waals surface area contributed by atoms with E-state index in [0.29, 0.717) is 13.0 Å². The van der Waals surface area contributed by atoms with E-state index in [4.69, 9.17) is 4.74 Å². The number of hydrogen-bond donors (Lipinski definition) is 1. The van der Waals surface area contributed by atoms with Crippen LogP contribution in [0.15, 0.2) is 24.3 Å². The average molecular weight is 250 g/mol. The molecule has 5 nitrogen and oxygen atoms in total. The van der Waals surface area contributed by atoms with Gasteiger partial charge in [-0.3, -0.25) is 10.1 Å². The molecule has 0 aromatic heterocycles. The fourth-order valence-corrected chi connectivity index (χ4v) is 2.21. The van der Waals surface area contributed by atoms with Gasteiger partial charge in [-0.2, -0.15) is 0 Å². The van der Waals surface area contributed by atoms with Gasteiger partial charge < -0.3 is 10.1 Å². The number of nitrogens with one attached hydrogen (secondary N) is 1. The van der Waals surface area contributed by atoms with Crippen LogP contribution in [-0.2, 0) is 11.2 Å². The van der Waals surface area contributed by atoms with Crippen molar-refractivity contribution in [2.24, 2.45) is 0 Å². The lowest BCUT2D eigenvalue weighted by atomic mass is 10.0. The summed E-state index contributed by atoms with van der Waals surface area (Å²) < 4.78 is 5.35. The molecule has 0 amide bonds. The molecular weight excluding hydrogens is 232 g/mol. The molecule has 1 unspecified atom stereocenters. The number of ether oxygens (including phenoxy) is 1. The first-order valence-corrected chi connectivity index (χ1v) is 6.16. The molecular formula is C13H18N2O3. The summed E-state index contributed by atoms with van der Waals surface area (Å²) in [5.74, 6) is 0. The molecule has 0 bridgehead atoms. The summed E-state index contributed by atoms with van der Waals surface area (Å²) in [6.45, 7) is 4.35. The molecule has 0 aliphatic carbocycles. The molecule has 0 saturated carbocycles. The molecule has 1 aromatic carbocycles. The normalized spacial score (nSPS) is 23.2. The van der Waals surface area contributed by atoms with Gasteiger partial charge >= 0.3 is 0 Å². The second-order valence-corrected chi connectivity index (χ2v) is 4.93. The summed E-state index contributed by atoms with van der Waals surface area (Å²) in [7, 11) is 0. The van der Waals surface area contributed by atoms with Crippen LogP contribution >= 0.6 is 0 Å². The van der Waals surface area contributed by atoms with Gasteiger partial charge in [0.15, 0.2) is 0 Å². The van der Waals surface area contributed by atoms with Crippen LogP contribution in [-0.4, -0.2) is 30.2 Å². The maximum Gasteiger partial charge on any atom is 0.272 e. The zero-order chi connectivity index (χ0) is 13.0. The first-order valence-electron chi connectivity index (χ1n) is 6.16. The van der Waals surface area contributed by atoms with E-state index >= 15 is 0 Å². The van der Waals surface area contributed by atoms with Crippen molar-refractivity contribution in [2.75, 3.05) is 19.8 Å². The van der Waals surface area contributed by atoms with E-state index in [-0.39, 0.29) is 16.1 Å². The van der Waals surface area contributed by atoms with Crippen molar-refractivity contribution >= 4 is 5.69 Å². The maximum atomic E-state index is 10.9. The number of hydrogen-bond acceptors (Lipinski definition) is 4. The van der Waals surface area contributed by atoms with Gasteiger partial charge in [0.05, 0.1) is 11.5 Å². The van der Waals surface area contributed by atoms with Crippen LogP contribution in [0.5, 0.6) is 0 Å². The first kappa shape index (κ1) is 13.0. The Morgan fingerprint density at radius 3 is 2.94 bits per heavy atom. The lowest BCUT2D eigenvalue weighted by Gasteiger charge is -2.23. The van der Waals surface area contributed by atoms with Crippen molar-refractivity contribution in [3.05, 3.63) is 39.9 Å². The van der Waals surface area contributed by atoms with Crippen LogP contribution in [0.4, 0.5) is 5.69 Å². The molecule has 5 heteroatoms. The van der Waals surface area contributed by atoms with E-state index in [1.807, 2.05) is 12.1 Å². The summed E-state index contributed by atoms with van der Waals surface area (Å²) in [5.41, 5.74) is 0.994. The van der Waals surface area contributed by atoms with Crippen molar-refractivity contribution in [2.45, 2.75) is 25.3 Å². The van der Waals surface area contributed by atoms with Crippen LogP contribution in [0.2, 0.25) is 0 Å². The molecule has 98 valence electrons. The van der Waals surface area contributed by atoms with E-state index in [1.165, 1.54) is 0 Å². The monoisotopic (exact) mass is 250 g/mol. The van der Waals surface area contributed by atoms with Gasteiger partial charge in [-0.1, -0.05) is 18.2 Å². The van der Waals surface area contributed by atoms with Crippen LogP contribution in [0.3, 0.4) is 0 Å². The fourth-order valence-electron chi connectivity index (χ4n) is 2.21. The molecule has 1 N–H and O–H groups in total. The Balaban J connectivity index is 1.92. The molecule has 0 radical (unpaired) electrons. The third kappa shape index (κ3) is 3.05. The maximum absolute atomic E-state index is 10.9. The predicted octanol–water partition coefficient (Wildman–Crippen LogP) is 1.91. The molecule has 1 aliphatic heterocycles. The molecule has 1 saturated heterocycles. The highest BCUT2D eigenvalue weighted by atomic mass is 16.6. The highest BCUT2D eigenvalue weighted by Gasteiger charge is 2.28. The minimum atomic E-state index is -0.324. The average Bonchev–Trinajstić information content (AvgIpc) is 2.77. The smallest absolute Gasteiger partial charge is 0.272 e. The first-order chi connectivity index (χ1) is 8.61. The minimum Gasteiger partial charge on any atom is -0.379 e. The van der Waals surface area contributed by atoms with E-state index in [0.717, 1.165) is 25.1 Å². The standard InChI is InChI=1S/C13H18N2O3/c1-13(7-9-18-10-13)14-8-6-11-4-2-3-5-12(11)15(16)17/h2-5,14H,6-10H2,1H3. The van der Waals surface area contributed by atoms with Crippen molar-refractivity contribution in [1.29, 1.82) is 0 Å². The van der Waals surface area contributed by atoms with Crippen molar-refractivity contribution < 1.29 is 9.66 Å². The summed E-state index contributed by atoms with van der Waals surface area (Å²) >= 11 is 0. The Hall–Kier alpha value is -1.46. The van der Waals surface area contributed by atoms with Crippen molar-refractivity contribution in [3.8, 4) is 0 Å². The van der Waals surface area contributed by atoms with Crippen molar-refractivity contribution in [1.82, 2.24) is 5.32 Å². The molecule has 0 spiro atoms. The molecule has 2 rings (SSSR count). The summed E-state index contributed by atoms with van der Waals surface area (Å²) in [6, 6.07) is 6.90. The number of nitrogens with zero attached hydrogens (tertiary/aromatic N) is 1.